The number of aryl methyl sites for hydroxylation is 1. The molecule has 3 aromatic rings. The zero-order chi connectivity index (χ0) is 16.5. The van der Waals surface area contributed by atoms with Crippen molar-refractivity contribution in [2.45, 2.75) is 32.2 Å². The van der Waals surface area contributed by atoms with E-state index in [2.05, 4.69) is 34.9 Å². The van der Waals surface area contributed by atoms with E-state index in [4.69, 9.17) is 4.74 Å². The first-order chi connectivity index (χ1) is 11.8. The number of hydrogen-bond acceptors (Lipinski definition) is 2. The number of carbonyl (C=O) groups excluding carboxylic acids is 1. The Labute approximate surface area is 141 Å². The minimum Gasteiger partial charge on any atom is -0.465 e. The summed E-state index contributed by atoms with van der Waals surface area (Å²) in [4.78, 5) is 11.9. The molecule has 1 heterocycles. The maximum atomic E-state index is 11.9. The highest BCUT2D eigenvalue weighted by atomic mass is 16.5. The highest BCUT2D eigenvalue weighted by Crippen LogP contribution is 2.33. The molecule has 3 heteroatoms. The first kappa shape index (κ1) is 15.0. The van der Waals surface area contributed by atoms with Crippen LogP contribution < -0.4 is 0 Å². The Morgan fingerprint density at radius 2 is 1.88 bits per heavy atom. The van der Waals surface area contributed by atoms with Crippen LogP contribution >= 0.6 is 0 Å². The Balaban J connectivity index is 1.90. The SMILES string of the molecule is COC(=O)c1ccc2c3c(n(Cc4ccccc4)c2c1)CCCC3. The van der Waals surface area contributed by atoms with Gasteiger partial charge in [0.25, 0.3) is 0 Å². The van der Waals surface area contributed by atoms with Crippen molar-refractivity contribution in [3.8, 4) is 0 Å². The number of rotatable bonds is 3. The Morgan fingerprint density at radius 1 is 1.08 bits per heavy atom. The molecule has 24 heavy (non-hydrogen) atoms. The number of methoxy groups -OCH3 is 1. The first-order valence-corrected chi connectivity index (χ1v) is 8.54. The van der Waals surface area contributed by atoms with Crippen LogP contribution in [0.3, 0.4) is 0 Å². The topological polar surface area (TPSA) is 31.2 Å². The number of fused-ring (bicyclic) bond motifs is 3. The van der Waals surface area contributed by atoms with Crippen molar-refractivity contribution in [2.24, 2.45) is 0 Å². The lowest BCUT2D eigenvalue weighted by Crippen LogP contribution is -2.09. The van der Waals surface area contributed by atoms with Crippen molar-refractivity contribution in [2.75, 3.05) is 7.11 Å². The molecule has 0 saturated carbocycles. The summed E-state index contributed by atoms with van der Waals surface area (Å²) in [5.74, 6) is -0.276. The van der Waals surface area contributed by atoms with Crippen molar-refractivity contribution in [3.05, 3.63) is 70.9 Å². The lowest BCUT2D eigenvalue weighted by molar-refractivity contribution is 0.0601. The Hall–Kier alpha value is -2.55. The normalized spacial score (nSPS) is 13.7. The molecule has 4 rings (SSSR count). The van der Waals surface area contributed by atoms with Gasteiger partial charge in [0, 0.05) is 23.1 Å². The largest absolute Gasteiger partial charge is 0.465 e. The zero-order valence-electron chi connectivity index (χ0n) is 13.9. The van der Waals surface area contributed by atoms with Gasteiger partial charge in [-0.15, -0.1) is 0 Å². The average Bonchev–Trinajstić information content (AvgIpc) is 2.95. The Bertz CT molecular complexity index is 893. The van der Waals surface area contributed by atoms with Crippen LogP contribution in [0.4, 0.5) is 0 Å². The lowest BCUT2D eigenvalue weighted by atomic mass is 9.95. The maximum Gasteiger partial charge on any atom is 0.337 e. The molecule has 0 saturated heterocycles. The van der Waals surface area contributed by atoms with Crippen LogP contribution in [0.2, 0.25) is 0 Å². The van der Waals surface area contributed by atoms with Crippen LogP contribution in [0.25, 0.3) is 10.9 Å². The first-order valence-electron chi connectivity index (χ1n) is 8.54. The molecule has 0 spiro atoms. The Kier molecular flexibility index (Phi) is 3.85. The predicted molar refractivity (Wildman–Crippen MR) is 95.5 cm³/mol. The summed E-state index contributed by atoms with van der Waals surface area (Å²) >= 11 is 0. The van der Waals surface area contributed by atoms with E-state index in [0.717, 1.165) is 24.9 Å². The van der Waals surface area contributed by atoms with Gasteiger partial charge in [0.15, 0.2) is 0 Å². The van der Waals surface area contributed by atoms with Gasteiger partial charge >= 0.3 is 5.97 Å². The molecule has 1 aromatic heterocycles. The molecule has 0 fully saturated rings. The third-order valence-corrected chi connectivity index (χ3v) is 4.98. The van der Waals surface area contributed by atoms with Gasteiger partial charge in [-0.05, 0) is 48.9 Å². The highest BCUT2D eigenvalue weighted by molar-refractivity contribution is 5.96. The number of aromatic nitrogens is 1. The summed E-state index contributed by atoms with van der Waals surface area (Å²) in [6.45, 7) is 0.845. The van der Waals surface area contributed by atoms with E-state index in [9.17, 15) is 4.79 Å². The van der Waals surface area contributed by atoms with Crippen LogP contribution in [0.5, 0.6) is 0 Å². The monoisotopic (exact) mass is 319 g/mol. The lowest BCUT2D eigenvalue weighted by Gasteiger charge is -2.16. The molecule has 0 N–H and O–H groups in total. The van der Waals surface area contributed by atoms with E-state index in [1.165, 1.54) is 42.2 Å². The van der Waals surface area contributed by atoms with Gasteiger partial charge < -0.3 is 9.30 Å². The number of carbonyl (C=O) groups is 1. The number of esters is 1. The summed E-state index contributed by atoms with van der Waals surface area (Å²) in [5, 5.41) is 1.29. The summed E-state index contributed by atoms with van der Waals surface area (Å²) in [5.41, 5.74) is 5.94. The van der Waals surface area contributed by atoms with Gasteiger partial charge in [0.1, 0.15) is 0 Å². The second-order valence-corrected chi connectivity index (χ2v) is 6.43. The molecule has 0 amide bonds. The van der Waals surface area contributed by atoms with Crippen LogP contribution in [-0.4, -0.2) is 17.6 Å². The average molecular weight is 319 g/mol. The fourth-order valence-corrected chi connectivity index (χ4v) is 3.82. The van der Waals surface area contributed by atoms with Crippen molar-refractivity contribution >= 4 is 16.9 Å². The van der Waals surface area contributed by atoms with Crippen LogP contribution in [0.1, 0.15) is 40.0 Å². The third kappa shape index (κ3) is 2.50. The number of nitrogens with zero attached hydrogens (tertiary/aromatic N) is 1. The smallest absolute Gasteiger partial charge is 0.337 e. The minimum absolute atomic E-state index is 0.276. The summed E-state index contributed by atoms with van der Waals surface area (Å²) in [7, 11) is 1.43. The number of hydrogen-bond donors (Lipinski definition) is 0. The fourth-order valence-electron chi connectivity index (χ4n) is 3.82. The molecule has 1 aliphatic carbocycles. The maximum absolute atomic E-state index is 11.9. The molecule has 0 unspecified atom stereocenters. The van der Waals surface area contributed by atoms with Gasteiger partial charge in [-0.3, -0.25) is 0 Å². The van der Waals surface area contributed by atoms with E-state index < -0.39 is 0 Å². The Morgan fingerprint density at radius 3 is 2.67 bits per heavy atom. The molecule has 0 aliphatic heterocycles. The molecule has 2 aromatic carbocycles. The molecule has 3 nitrogen and oxygen atoms in total. The number of ether oxygens (including phenoxy) is 1. The summed E-state index contributed by atoms with van der Waals surface area (Å²) < 4.78 is 7.29. The second kappa shape index (κ2) is 6.16. The molecule has 0 atom stereocenters. The van der Waals surface area contributed by atoms with Crippen molar-refractivity contribution in [1.82, 2.24) is 4.57 Å². The van der Waals surface area contributed by atoms with Gasteiger partial charge in [-0.2, -0.15) is 0 Å². The standard InChI is InChI=1S/C21H21NO2/c1-24-21(23)16-11-12-18-17-9-5-6-10-19(17)22(20(18)13-16)14-15-7-3-2-4-8-15/h2-4,7-8,11-13H,5-6,9-10,14H2,1H3. The van der Waals surface area contributed by atoms with Crippen molar-refractivity contribution in [3.63, 3.8) is 0 Å². The molecule has 122 valence electrons. The predicted octanol–water partition coefficient (Wildman–Crippen LogP) is 4.36. The molecular formula is C21H21NO2. The highest BCUT2D eigenvalue weighted by Gasteiger charge is 2.21. The zero-order valence-corrected chi connectivity index (χ0v) is 13.9. The molecular weight excluding hydrogens is 298 g/mol. The van der Waals surface area contributed by atoms with Crippen molar-refractivity contribution < 1.29 is 9.53 Å². The third-order valence-electron chi connectivity index (χ3n) is 4.98. The van der Waals surface area contributed by atoms with E-state index in [-0.39, 0.29) is 5.97 Å². The molecule has 0 bridgehead atoms. The van der Waals surface area contributed by atoms with E-state index in [0.29, 0.717) is 5.56 Å². The fraction of sp³-hybridized carbons (Fsp3) is 0.286. The van der Waals surface area contributed by atoms with E-state index >= 15 is 0 Å². The van der Waals surface area contributed by atoms with Crippen LogP contribution in [0.15, 0.2) is 48.5 Å². The summed E-state index contributed by atoms with van der Waals surface area (Å²) in [6.07, 6.45) is 4.73. The van der Waals surface area contributed by atoms with E-state index in [1.807, 2.05) is 18.2 Å². The van der Waals surface area contributed by atoms with E-state index in [1.54, 1.807) is 0 Å². The van der Waals surface area contributed by atoms with Crippen LogP contribution in [-0.2, 0) is 24.1 Å². The quantitative estimate of drug-likeness (QED) is 0.672. The molecule has 1 aliphatic rings. The van der Waals surface area contributed by atoms with Crippen LogP contribution in [0, 0.1) is 0 Å². The van der Waals surface area contributed by atoms with Crippen molar-refractivity contribution in [1.29, 1.82) is 0 Å². The van der Waals surface area contributed by atoms with Gasteiger partial charge in [0.05, 0.1) is 12.7 Å². The minimum atomic E-state index is -0.276. The summed E-state index contributed by atoms with van der Waals surface area (Å²) in [6, 6.07) is 16.5. The number of benzene rings is 2. The molecule has 0 radical (unpaired) electrons. The van der Waals surface area contributed by atoms with Gasteiger partial charge in [-0.1, -0.05) is 36.4 Å². The second-order valence-electron chi connectivity index (χ2n) is 6.43. The van der Waals surface area contributed by atoms with Gasteiger partial charge in [-0.25, -0.2) is 4.79 Å². The van der Waals surface area contributed by atoms with Gasteiger partial charge in [0.2, 0.25) is 0 Å².